The Balaban J connectivity index is 2.42. The van der Waals surface area contributed by atoms with Crippen LogP contribution in [0.3, 0.4) is 0 Å². The Kier molecular flexibility index (Phi) is 4.90. The fourth-order valence-corrected chi connectivity index (χ4v) is 2.54. The number of hydrogen-bond donors (Lipinski definition) is 1. The van der Waals surface area contributed by atoms with Gasteiger partial charge in [0, 0.05) is 18.6 Å². The summed E-state index contributed by atoms with van der Waals surface area (Å²) in [4.78, 5) is 2.61. The van der Waals surface area contributed by atoms with E-state index < -0.39 is 0 Å². The molecule has 1 fully saturated rings. The van der Waals surface area contributed by atoms with E-state index in [4.69, 9.17) is 5.73 Å². The molecule has 0 aromatic rings. The minimum Gasteiger partial charge on any atom is -0.328 e. The molecule has 2 unspecified atom stereocenters. The van der Waals surface area contributed by atoms with Gasteiger partial charge in [-0.1, -0.05) is 27.2 Å². The molecule has 2 nitrogen and oxygen atoms in total. The van der Waals surface area contributed by atoms with Crippen molar-refractivity contribution in [3.63, 3.8) is 0 Å². The summed E-state index contributed by atoms with van der Waals surface area (Å²) in [5.41, 5.74) is 6.02. The average molecular weight is 198 g/mol. The van der Waals surface area contributed by atoms with Crippen molar-refractivity contribution in [3.8, 4) is 0 Å². The lowest BCUT2D eigenvalue weighted by atomic mass is 9.90. The molecule has 0 spiro atoms. The molecule has 0 aliphatic heterocycles. The molecular formula is C12H26N2. The van der Waals surface area contributed by atoms with Crippen LogP contribution in [0.5, 0.6) is 0 Å². The average Bonchev–Trinajstić information content (AvgIpc) is 2.14. The molecule has 0 heterocycles. The van der Waals surface area contributed by atoms with E-state index in [-0.39, 0.29) is 0 Å². The van der Waals surface area contributed by atoms with Gasteiger partial charge in [-0.05, 0) is 31.7 Å². The largest absolute Gasteiger partial charge is 0.328 e. The van der Waals surface area contributed by atoms with E-state index >= 15 is 0 Å². The van der Waals surface area contributed by atoms with Crippen LogP contribution in [0.25, 0.3) is 0 Å². The van der Waals surface area contributed by atoms with Crippen molar-refractivity contribution in [3.05, 3.63) is 0 Å². The summed E-state index contributed by atoms with van der Waals surface area (Å²) < 4.78 is 0. The molecule has 0 amide bonds. The summed E-state index contributed by atoms with van der Waals surface area (Å²) in [7, 11) is 0. The Morgan fingerprint density at radius 1 is 1.36 bits per heavy atom. The molecule has 0 saturated heterocycles. The van der Waals surface area contributed by atoms with Crippen molar-refractivity contribution >= 4 is 0 Å². The van der Waals surface area contributed by atoms with E-state index in [2.05, 4.69) is 25.7 Å². The van der Waals surface area contributed by atoms with Crippen molar-refractivity contribution in [1.29, 1.82) is 0 Å². The second-order valence-corrected chi connectivity index (χ2v) is 5.06. The van der Waals surface area contributed by atoms with Crippen LogP contribution in [-0.2, 0) is 0 Å². The Labute approximate surface area is 88.8 Å². The highest BCUT2D eigenvalue weighted by molar-refractivity contribution is 4.82. The van der Waals surface area contributed by atoms with E-state index in [0.717, 1.165) is 12.0 Å². The Morgan fingerprint density at radius 2 is 2.07 bits per heavy atom. The minimum atomic E-state index is 0.454. The van der Waals surface area contributed by atoms with Crippen LogP contribution in [-0.4, -0.2) is 30.1 Å². The van der Waals surface area contributed by atoms with Crippen molar-refractivity contribution in [1.82, 2.24) is 4.90 Å². The summed E-state index contributed by atoms with van der Waals surface area (Å²) >= 11 is 0. The summed E-state index contributed by atoms with van der Waals surface area (Å²) in [6.45, 7) is 9.27. The first-order valence-corrected chi connectivity index (χ1v) is 6.13. The van der Waals surface area contributed by atoms with Crippen molar-refractivity contribution in [2.75, 3.05) is 13.1 Å². The predicted molar refractivity (Wildman–Crippen MR) is 62.3 cm³/mol. The molecule has 0 bridgehead atoms. The van der Waals surface area contributed by atoms with Crippen molar-refractivity contribution < 1.29 is 0 Å². The van der Waals surface area contributed by atoms with Gasteiger partial charge in [0.1, 0.15) is 0 Å². The minimum absolute atomic E-state index is 0.454. The fraction of sp³-hybridized carbons (Fsp3) is 1.00. The van der Waals surface area contributed by atoms with Crippen LogP contribution < -0.4 is 5.73 Å². The van der Waals surface area contributed by atoms with Gasteiger partial charge in [0.15, 0.2) is 0 Å². The molecule has 1 aliphatic rings. The van der Waals surface area contributed by atoms with Crippen LogP contribution in [0.2, 0.25) is 0 Å². The van der Waals surface area contributed by atoms with Crippen LogP contribution in [0.4, 0.5) is 0 Å². The van der Waals surface area contributed by atoms with E-state index in [9.17, 15) is 0 Å². The van der Waals surface area contributed by atoms with Gasteiger partial charge in [0.25, 0.3) is 0 Å². The van der Waals surface area contributed by atoms with Crippen LogP contribution in [0, 0.1) is 5.92 Å². The third-order valence-corrected chi connectivity index (χ3v) is 3.21. The summed E-state index contributed by atoms with van der Waals surface area (Å²) in [5.74, 6) is 0.771. The van der Waals surface area contributed by atoms with Gasteiger partial charge >= 0.3 is 0 Å². The molecule has 1 rings (SSSR count). The lowest BCUT2D eigenvalue weighted by Crippen LogP contribution is -2.43. The summed E-state index contributed by atoms with van der Waals surface area (Å²) in [6.07, 6.45) is 5.12. The lowest BCUT2D eigenvalue weighted by Gasteiger charge is -2.36. The first kappa shape index (κ1) is 12.0. The zero-order valence-electron chi connectivity index (χ0n) is 10.00. The molecule has 1 saturated carbocycles. The molecule has 0 radical (unpaired) electrons. The highest BCUT2D eigenvalue weighted by Gasteiger charge is 2.24. The standard InChI is InChI=1S/C12H26N2/c1-4-14(9-10(2)3)12-7-5-6-11(13)8-12/h10-12H,4-9,13H2,1-3H3. The van der Waals surface area contributed by atoms with Crippen molar-refractivity contribution in [2.45, 2.75) is 58.5 Å². The van der Waals surface area contributed by atoms with E-state index in [1.54, 1.807) is 0 Å². The molecule has 0 aromatic carbocycles. The van der Waals surface area contributed by atoms with Gasteiger partial charge < -0.3 is 10.6 Å². The van der Waals surface area contributed by atoms with Gasteiger partial charge in [-0.25, -0.2) is 0 Å². The third-order valence-electron chi connectivity index (χ3n) is 3.21. The molecular weight excluding hydrogens is 172 g/mol. The SMILES string of the molecule is CCN(CC(C)C)C1CCCC(N)C1. The smallest absolute Gasteiger partial charge is 0.0110 e. The molecule has 2 atom stereocenters. The second kappa shape index (κ2) is 5.72. The zero-order chi connectivity index (χ0) is 10.6. The van der Waals surface area contributed by atoms with Gasteiger partial charge in [0.2, 0.25) is 0 Å². The maximum Gasteiger partial charge on any atom is 0.0110 e. The normalized spacial score (nSPS) is 28.7. The first-order valence-electron chi connectivity index (χ1n) is 6.13. The van der Waals surface area contributed by atoms with Gasteiger partial charge in [-0.3, -0.25) is 0 Å². The Bertz CT molecular complexity index is 154. The van der Waals surface area contributed by atoms with E-state index in [1.807, 2.05) is 0 Å². The molecule has 2 heteroatoms. The number of rotatable bonds is 4. The maximum atomic E-state index is 6.02. The molecule has 2 N–H and O–H groups in total. The fourth-order valence-electron chi connectivity index (χ4n) is 2.54. The Hall–Kier alpha value is -0.0800. The second-order valence-electron chi connectivity index (χ2n) is 5.06. The third kappa shape index (κ3) is 3.58. The van der Waals surface area contributed by atoms with Gasteiger partial charge in [-0.2, -0.15) is 0 Å². The first-order chi connectivity index (χ1) is 6.63. The summed E-state index contributed by atoms with van der Waals surface area (Å²) in [5, 5.41) is 0. The quantitative estimate of drug-likeness (QED) is 0.750. The topological polar surface area (TPSA) is 29.3 Å². The number of hydrogen-bond acceptors (Lipinski definition) is 2. The zero-order valence-corrected chi connectivity index (χ0v) is 10.00. The maximum absolute atomic E-state index is 6.02. The summed E-state index contributed by atoms with van der Waals surface area (Å²) in [6, 6.07) is 1.21. The predicted octanol–water partition coefficient (Wildman–Crippen LogP) is 2.23. The van der Waals surface area contributed by atoms with E-state index in [1.165, 1.54) is 38.8 Å². The highest BCUT2D eigenvalue weighted by atomic mass is 15.2. The van der Waals surface area contributed by atoms with Crippen molar-refractivity contribution in [2.24, 2.45) is 11.7 Å². The Morgan fingerprint density at radius 3 is 2.57 bits per heavy atom. The van der Waals surface area contributed by atoms with Crippen LogP contribution in [0.15, 0.2) is 0 Å². The number of nitrogens with two attached hydrogens (primary N) is 1. The van der Waals surface area contributed by atoms with Crippen LogP contribution in [0.1, 0.15) is 46.5 Å². The molecule has 84 valence electrons. The van der Waals surface area contributed by atoms with Gasteiger partial charge in [-0.15, -0.1) is 0 Å². The highest BCUT2D eigenvalue weighted by Crippen LogP contribution is 2.22. The lowest BCUT2D eigenvalue weighted by molar-refractivity contribution is 0.139. The number of nitrogens with zero attached hydrogens (tertiary/aromatic N) is 1. The molecule has 0 aromatic heterocycles. The van der Waals surface area contributed by atoms with E-state index in [0.29, 0.717) is 6.04 Å². The van der Waals surface area contributed by atoms with Gasteiger partial charge in [0.05, 0.1) is 0 Å². The monoisotopic (exact) mass is 198 g/mol. The molecule has 14 heavy (non-hydrogen) atoms. The van der Waals surface area contributed by atoms with Crippen LogP contribution >= 0.6 is 0 Å². The molecule has 1 aliphatic carbocycles.